The predicted octanol–water partition coefficient (Wildman–Crippen LogP) is 2.79. The van der Waals surface area contributed by atoms with Crippen LogP contribution in [-0.4, -0.2) is 70.4 Å². The Kier molecular flexibility index (Phi) is 6.01. The SMILES string of the molecule is Cc1ncnc(C)c1-c1cc(NC(=O)C2CC2)ccc1OCCN1CCN2C(=O)CCC2C1. The Labute approximate surface area is 194 Å². The number of fused-ring (bicyclic) bond motifs is 1. The summed E-state index contributed by atoms with van der Waals surface area (Å²) in [5.74, 6) is 1.28. The number of aromatic nitrogens is 2. The van der Waals surface area contributed by atoms with Crippen LogP contribution in [0.5, 0.6) is 5.75 Å². The Bertz CT molecular complexity index is 1050. The van der Waals surface area contributed by atoms with Crippen LogP contribution in [0.2, 0.25) is 0 Å². The highest BCUT2D eigenvalue weighted by atomic mass is 16.5. The number of ether oxygens (including phenoxy) is 1. The van der Waals surface area contributed by atoms with Gasteiger partial charge in [-0.15, -0.1) is 0 Å². The average Bonchev–Trinajstić information content (AvgIpc) is 3.59. The van der Waals surface area contributed by atoms with Gasteiger partial charge in [-0.05, 0) is 51.3 Å². The number of carbonyl (C=O) groups excluding carboxylic acids is 2. The number of carbonyl (C=O) groups is 2. The molecule has 8 nitrogen and oxygen atoms in total. The van der Waals surface area contributed by atoms with Crippen molar-refractivity contribution < 1.29 is 14.3 Å². The lowest BCUT2D eigenvalue weighted by atomic mass is 10.0. The summed E-state index contributed by atoms with van der Waals surface area (Å²) in [6.45, 7) is 7.89. The van der Waals surface area contributed by atoms with E-state index in [0.717, 1.165) is 79.4 Å². The fraction of sp³-hybridized carbons (Fsp3) is 0.520. The molecular weight excluding hydrogens is 418 g/mol. The Morgan fingerprint density at radius 2 is 1.94 bits per heavy atom. The Morgan fingerprint density at radius 1 is 1.15 bits per heavy atom. The van der Waals surface area contributed by atoms with E-state index in [1.807, 2.05) is 36.9 Å². The number of anilines is 1. The molecule has 1 aliphatic carbocycles. The van der Waals surface area contributed by atoms with E-state index in [0.29, 0.717) is 25.0 Å². The van der Waals surface area contributed by atoms with Crippen LogP contribution in [0.25, 0.3) is 11.1 Å². The zero-order valence-electron chi connectivity index (χ0n) is 19.3. The summed E-state index contributed by atoms with van der Waals surface area (Å²) >= 11 is 0. The smallest absolute Gasteiger partial charge is 0.227 e. The molecule has 1 atom stereocenters. The van der Waals surface area contributed by atoms with Crippen LogP contribution in [0.3, 0.4) is 0 Å². The summed E-state index contributed by atoms with van der Waals surface area (Å²) in [5, 5.41) is 3.04. The molecule has 3 heterocycles. The van der Waals surface area contributed by atoms with Gasteiger partial charge in [0.2, 0.25) is 11.8 Å². The maximum Gasteiger partial charge on any atom is 0.227 e. The molecule has 5 rings (SSSR count). The molecule has 3 fully saturated rings. The van der Waals surface area contributed by atoms with Gasteiger partial charge in [-0.2, -0.15) is 0 Å². The molecule has 1 N–H and O–H groups in total. The largest absolute Gasteiger partial charge is 0.492 e. The van der Waals surface area contributed by atoms with Gasteiger partial charge in [0.15, 0.2) is 0 Å². The maximum absolute atomic E-state index is 12.3. The molecule has 2 aromatic rings. The number of benzene rings is 1. The fourth-order valence-electron chi connectivity index (χ4n) is 4.92. The Hall–Kier alpha value is -3.00. The average molecular weight is 450 g/mol. The lowest BCUT2D eigenvalue weighted by Crippen LogP contribution is -2.52. The van der Waals surface area contributed by atoms with Crippen LogP contribution >= 0.6 is 0 Å². The van der Waals surface area contributed by atoms with Crippen molar-refractivity contribution in [3.05, 3.63) is 35.9 Å². The minimum atomic E-state index is 0.0805. The molecule has 2 aliphatic heterocycles. The van der Waals surface area contributed by atoms with Crippen molar-refractivity contribution in [3.8, 4) is 16.9 Å². The summed E-state index contributed by atoms with van der Waals surface area (Å²) in [6, 6.07) is 6.15. The second kappa shape index (κ2) is 9.09. The van der Waals surface area contributed by atoms with Crippen LogP contribution in [0.15, 0.2) is 24.5 Å². The zero-order valence-corrected chi connectivity index (χ0v) is 19.3. The van der Waals surface area contributed by atoms with Gasteiger partial charge in [-0.25, -0.2) is 9.97 Å². The van der Waals surface area contributed by atoms with Crippen molar-refractivity contribution in [1.29, 1.82) is 0 Å². The molecule has 174 valence electrons. The first-order valence-corrected chi connectivity index (χ1v) is 11.9. The van der Waals surface area contributed by atoms with E-state index >= 15 is 0 Å². The number of piperazine rings is 1. The monoisotopic (exact) mass is 449 g/mol. The number of aryl methyl sites for hydroxylation is 2. The molecule has 1 aromatic heterocycles. The van der Waals surface area contributed by atoms with Gasteiger partial charge in [-0.3, -0.25) is 14.5 Å². The number of nitrogens with zero attached hydrogens (tertiary/aromatic N) is 4. The summed E-state index contributed by atoms with van der Waals surface area (Å²) < 4.78 is 6.27. The number of rotatable bonds is 7. The molecule has 1 saturated carbocycles. The number of hydrogen-bond acceptors (Lipinski definition) is 6. The molecule has 8 heteroatoms. The van der Waals surface area contributed by atoms with Crippen molar-refractivity contribution in [2.24, 2.45) is 5.92 Å². The summed E-state index contributed by atoms with van der Waals surface area (Å²) in [5.41, 5.74) is 4.34. The fourth-order valence-corrected chi connectivity index (χ4v) is 4.92. The summed E-state index contributed by atoms with van der Waals surface area (Å²) in [7, 11) is 0. The number of amides is 2. The summed E-state index contributed by atoms with van der Waals surface area (Å²) in [6.07, 6.45) is 5.14. The quantitative estimate of drug-likeness (QED) is 0.699. The van der Waals surface area contributed by atoms with Crippen LogP contribution < -0.4 is 10.1 Å². The number of nitrogens with one attached hydrogen (secondary N) is 1. The molecule has 0 radical (unpaired) electrons. The molecule has 33 heavy (non-hydrogen) atoms. The zero-order chi connectivity index (χ0) is 22.9. The first-order valence-electron chi connectivity index (χ1n) is 11.9. The molecule has 3 aliphatic rings. The Morgan fingerprint density at radius 3 is 2.70 bits per heavy atom. The molecular formula is C25H31N5O3. The van der Waals surface area contributed by atoms with Crippen LogP contribution in [0.4, 0.5) is 5.69 Å². The van der Waals surface area contributed by atoms with Gasteiger partial charge >= 0.3 is 0 Å². The van der Waals surface area contributed by atoms with Gasteiger partial charge in [0.25, 0.3) is 0 Å². The van der Waals surface area contributed by atoms with E-state index in [4.69, 9.17) is 4.74 Å². The van der Waals surface area contributed by atoms with Gasteiger partial charge in [0, 0.05) is 72.8 Å². The van der Waals surface area contributed by atoms with Gasteiger partial charge in [0.1, 0.15) is 18.7 Å². The molecule has 2 saturated heterocycles. The van der Waals surface area contributed by atoms with E-state index in [2.05, 4.69) is 20.2 Å². The standard InChI is InChI=1S/C25H31N5O3/c1-16-24(17(2)27-15-26-16)21-13-19(28-25(32)18-3-4-18)5-7-22(21)33-12-11-29-9-10-30-20(14-29)6-8-23(30)31/h5,7,13,15,18,20H,3-4,6,8-12,14H2,1-2H3,(H,28,32). The highest BCUT2D eigenvalue weighted by molar-refractivity contribution is 5.95. The van der Waals surface area contributed by atoms with Crippen molar-refractivity contribution in [2.45, 2.75) is 45.6 Å². The summed E-state index contributed by atoms with van der Waals surface area (Å²) in [4.78, 5) is 37.4. The molecule has 2 amide bonds. The molecule has 1 aromatic carbocycles. The van der Waals surface area contributed by atoms with E-state index in [1.165, 1.54) is 0 Å². The first kappa shape index (κ1) is 21.8. The molecule has 0 bridgehead atoms. The van der Waals surface area contributed by atoms with Gasteiger partial charge in [0.05, 0.1) is 0 Å². The lowest BCUT2D eigenvalue weighted by molar-refractivity contribution is -0.130. The van der Waals surface area contributed by atoms with Crippen molar-refractivity contribution >= 4 is 17.5 Å². The predicted molar refractivity (Wildman–Crippen MR) is 125 cm³/mol. The maximum atomic E-state index is 12.3. The van der Waals surface area contributed by atoms with Crippen molar-refractivity contribution in [1.82, 2.24) is 19.8 Å². The van der Waals surface area contributed by atoms with Crippen LogP contribution in [0, 0.1) is 19.8 Å². The van der Waals surface area contributed by atoms with Crippen molar-refractivity contribution in [2.75, 3.05) is 38.1 Å². The van der Waals surface area contributed by atoms with E-state index in [-0.39, 0.29) is 11.8 Å². The number of hydrogen-bond donors (Lipinski definition) is 1. The van der Waals surface area contributed by atoms with Gasteiger partial charge in [-0.1, -0.05) is 0 Å². The van der Waals surface area contributed by atoms with E-state index in [1.54, 1.807) is 6.33 Å². The second-order valence-electron chi connectivity index (χ2n) is 9.32. The normalized spacial score (nSPS) is 20.6. The minimum absolute atomic E-state index is 0.0805. The highest BCUT2D eigenvalue weighted by Crippen LogP contribution is 2.37. The van der Waals surface area contributed by atoms with E-state index < -0.39 is 0 Å². The topological polar surface area (TPSA) is 87.7 Å². The highest BCUT2D eigenvalue weighted by Gasteiger charge is 2.35. The van der Waals surface area contributed by atoms with Crippen molar-refractivity contribution in [3.63, 3.8) is 0 Å². The van der Waals surface area contributed by atoms with E-state index in [9.17, 15) is 9.59 Å². The molecule has 0 spiro atoms. The second-order valence-corrected chi connectivity index (χ2v) is 9.32. The third kappa shape index (κ3) is 4.71. The van der Waals surface area contributed by atoms with Crippen LogP contribution in [0.1, 0.15) is 37.1 Å². The molecule has 1 unspecified atom stereocenters. The lowest BCUT2D eigenvalue weighted by Gasteiger charge is -2.37. The Balaban J connectivity index is 1.31. The third-order valence-corrected chi connectivity index (χ3v) is 6.93. The minimum Gasteiger partial charge on any atom is -0.492 e. The van der Waals surface area contributed by atoms with Gasteiger partial charge < -0.3 is 15.0 Å². The third-order valence-electron chi connectivity index (χ3n) is 6.93. The van der Waals surface area contributed by atoms with Crippen LogP contribution in [-0.2, 0) is 9.59 Å². The first-order chi connectivity index (χ1) is 16.0.